The summed E-state index contributed by atoms with van der Waals surface area (Å²) in [6, 6.07) is 13.8. The maximum absolute atomic E-state index is 8.84. The molecule has 0 radical (unpaired) electrons. The second-order valence-electron chi connectivity index (χ2n) is 6.90. The lowest BCUT2D eigenvalue weighted by molar-refractivity contribution is 0.194. The second-order valence-corrected chi connectivity index (χ2v) is 6.90. The Hall–Kier alpha value is -3.37. The van der Waals surface area contributed by atoms with Gasteiger partial charge in [0.15, 0.2) is 0 Å². The van der Waals surface area contributed by atoms with Crippen LogP contribution in [0.3, 0.4) is 0 Å². The number of hydrogen-bond donors (Lipinski definition) is 3. The zero-order valence-electron chi connectivity index (χ0n) is 15.7. The first-order valence-corrected chi connectivity index (χ1v) is 9.34. The summed E-state index contributed by atoms with van der Waals surface area (Å²) < 4.78 is 6.01. The Bertz CT molecular complexity index is 989. The van der Waals surface area contributed by atoms with Crippen LogP contribution in [0.15, 0.2) is 42.6 Å². The maximum atomic E-state index is 8.84. The molecule has 1 unspecified atom stereocenters. The van der Waals surface area contributed by atoms with E-state index in [4.69, 9.17) is 10.00 Å². The third-order valence-electron chi connectivity index (χ3n) is 4.70. The van der Waals surface area contributed by atoms with E-state index in [9.17, 15) is 0 Å². The van der Waals surface area contributed by atoms with Gasteiger partial charge in [0.25, 0.3) is 0 Å². The molecule has 0 spiro atoms. The van der Waals surface area contributed by atoms with Crippen LogP contribution in [-0.2, 0) is 6.42 Å². The van der Waals surface area contributed by atoms with Crippen LogP contribution in [0.5, 0.6) is 5.88 Å². The molecule has 1 aliphatic rings. The Kier molecular flexibility index (Phi) is 5.22. The third-order valence-corrected chi connectivity index (χ3v) is 4.70. The summed E-state index contributed by atoms with van der Waals surface area (Å²) in [6.07, 6.45) is 2.73. The number of aromatic nitrogens is 3. The summed E-state index contributed by atoms with van der Waals surface area (Å²) in [7, 11) is 0. The van der Waals surface area contributed by atoms with E-state index >= 15 is 0 Å². The number of ether oxygens (including phenoxy) is 1. The molecule has 1 aliphatic heterocycles. The van der Waals surface area contributed by atoms with Crippen LogP contribution in [0.1, 0.15) is 16.8 Å². The van der Waals surface area contributed by atoms with Gasteiger partial charge in [0.1, 0.15) is 6.10 Å². The molecule has 2 aromatic heterocycles. The number of nitriles is 1. The summed E-state index contributed by atoms with van der Waals surface area (Å²) in [5, 5.41) is 22.9. The molecule has 0 amide bonds. The van der Waals surface area contributed by atoms with E-state index < -0.39 is 0 Å². The number of anilines is 1. The summed E-state index contributed by atoms with van der Waals surface area (Å²) >= 11 is 0. The van der Waals surface area contributed by atoms with E-state index in [1.165, 1.54) is 5.56 Å². The van der Waals surface area contributed by atoms with Crippen LogP contribution >= 0.6 is 0 Å². The Morgan fingerprint density at radius 1 is 1.29 bits per heavy atom. The second kappa shape index (κ2) is 8.11. The zero-order valence-corrected chi connectivity index (χ0v) is 15.7. The first-order chi connectivity index (χ1) is 13.7. The molecule has 7 heteroatoms. The quantitative estimate of drug-likeness (QED) is 0.574. The number of benzene rings is 1. The van der Waals surface area contributed by atoms with Crippen LogP contribution in [0, 0.1) is 18.3 Å². The summed E-state index contributed by atoms with van der Waals surface area (Å²) in [4.78, 5) is 4.45. The molecular weight excluding hydrogens is 352 g/mol. The van der Waals surface area contributed by atoms with Crippen LogP contribution in [0.4, 0.5) is 5.69 Å². The number of nitrogens with zero attached hydrogens (tertiary/aromatic N) is 3. The monoisotopic (exact) mass is 374 g/mol. The minimum absolute atomic E-state index is 0.0273. The number of nitrogens with one attached hydrogen (secondary N) is 3. The molecular formula is C21H22N6O. The van der Waals surface area contributed by atoms with E-state index in [1.807, 2.05) is 43.3 Å². The zero-order chi connectivity index (χ0) is 19.3. The molecule has 0 saturated heterocycles. The molecule has 3 aromatic rings. The van der Waals surface area contributed by atoms with Gasteiger partial charge < -0.3 is 15.4 Å². The van der Waals surface area contributed by atoms with E-state index in [0.29, 0.717) is 11.4 Å². The lowest BCUT2D eigenvalue weighted by atomic mass is 10.1. The minimum Gasteiger partial charge on any atom is -0.470 e. The normalized spacial score (nSPS) is 15.2. The maximum Gasteiger partial charge on any atom is 0.237 e. The number of aryl methyl sites for hydroxylation is 1. The molecule has 3 heterocycles. The van der Waals surface area contributed by atoms with Crippen LogP contribution in [0.2, 0.25) is 0 Å². The van der Waals surface area contributed by atoms with Crippen molar-refractivity contribution in [3.05, 3.63) is 59.4 Å². The molecule has 1 atom stereocenters. The van der Waals surface area contributed by atoms with Crippen LogP contribution < -0.4 is 15.4 Å². The molecule has 0 fully saturated rings. The van der Waals surface area contributed by atoms with Gasteiger partial charge in [-0.25, -0.2) is 4.98 Å². The Balaban J connectivity index is 1.27. The van der Waals surface area contributed by atoms with Crippen molar-refractivity contribution in [3.63, 3.8) is 0 Å². The molecule has 7 nitrogen and oxygen atoms in total. The Morgan fingerprint density at radius 2 is 2.14 bits per heavy atom. The number of pyridine rings is 1. The van der Waals surface area contributed by atoms with E-state index in [2.05, 4.69) is 31.9 Å². The predicted molar refractivity (Wildman–Crippen MR) is 107 cm³/mol. The van der Waals surface area contributed by atoms with Crippen molar-refractivity contribution in [2.75, 3.05) is 25.0 Å². The third kappa shape index (κ3) is 4.13. The van der Waals surface area contributed by atoms with Gasteiger partial charge in [0.05, 0.1) is 29.6 Å². The number of hydrogen-bond acceptors (Lipinski definition) is 6. The van der Waals surface area contributed by atoms with E-state index in [1.54, 1.807) is 6.20 Å². The molecule has 142 valence electrons. The average Bonchev–Trinajstić information content (AvgIpc) is 3.17. The van der Waals surface area contributed by atoms with E-state index in [0.717, 1.165) is 48.7 Å². The fraction of sp³-hybridized carbons (Fsp3) is 0.286. The number of fused-ring (bicyclic) bond motifs is 1. The molecule has 4 rings (SSSR count). The fourth-order valence-electron chi connectivity index (χ4n) is 3.16. The van der Waals surface area contributed by atoms with Crippen molar-refractivity contribution in [3.8, 4) is 23.2 Å². The standard InChI is InChI=1S/C21H22N6O/c1-14-8-19(27-26-14)17-9-20-21(25-11-17)28-18(13-24-20)12-23-7-6-15-2-4-16(10-22)5-3-15/h2-5,8-9,11,18,23-24H,6-7,12-13H2,1H3,(H,26,27). The van der Waals surface area contributed by atoms with Crippen molar-refractivity contribution >= 4 is 5.69 Å². The molecule has 3 N–H and O–H groups in total. The lowest BCUT2D eigenvalue weighted by Crippen LogP contribution is -2.40. The van der Waals surface area contributed by atoms with E-state index in [-0.39, 0.29) is 6.10 Å². The van der Waals surface area contributed by atoms with Gasteiger partial charge in [-0.3, -0.25) is 5.10 Å². The topological polar surface area (TPSA) is 98.7 Å². The molecule has 0 bridgehead atoms. The Morgan fingerprint density at radius 3 is 2.89 bits per heavy atom. The van der Waals surface area contributed by atoms with Gasteiger partial charge in [-0.1, -0.05) is 12.1 Å². The van der Waals surface area contributed by atoms with Crippen molar-refractivity contribution in [2.24, 2.45) is 0 Å². The highest BCUT2D eigenvalue weighted by atomic mass is 16.5. The first-order valence-electron chi connectivity index (χ1n) is 9.34. The fourth-order valence-corrected chi connectivity index (χ4v) is 3.16. The molecule has 0 aliphatic carbocycles. The largest absolute Gasteiger partial charge is 0.470 e. The van der Waals surface area contributed by atoms with Crippen molar-refractivity contribution in [1.29, 1.82) is 5.26 Å². The Labute approximate surface area is 163 Å². The predicted octanol–water partition coefficient (Wildman–Crippen LogP) is 2.66. The summed E-state index contributed by atoms with van der Waals surface area (Å²) in [5.41, 5.74) is 5.65. The average molecular weight is 374 g/mol. The molecule has 0 saturated carbocycles. The summed E-state index contributed by atoms with van der Waals surface area (Å²) in [6.45, 7) is 4.29. The lowest BCUT2D eigenvalue weighted by Gasteiger charge is -2.27. The van der Waals surface area contributed by atoms with Gasteiger partial charge in [-0.15, -0.1) is 0 Å². The van der Waals surface area contributed by atoms with Gasteiger partial charge in [0, 0.05) is 24.0 Å². The van der Waals surface area contributed by atoms with Crippen LogP contribution in [-0.4, -0.2) is 40.9 Å². The molecule has 28 heavy (non-hydrogen) atoms. The van der Waals surface area contributed by atoms with Gasteiger partial charge in [-0.05, 0) is 49.7 Å². The number of H-pyrrole nitrogens is 1. The molecule has 1 aromatic carbocycles. The van der Waals surface area contributed by atoms with Crippen molar-refractivity contribution in [1.82, 2.24) is 20.5 Å². The first kappa shape index (κ1) is 18.0. The van der Waals surface area contributed by atoms with Crippen molar-refractivity contribution in [2.45, 2.75) is 19.4 Å². The van der Waals surface area contributed by atoms with Gasteiger partial charge in [-0.2, -0.15) is 10.4 Å². The van der Waals surface area contributed by atoms with Crippen molar-refractivity contribution < 1.29 is 4.74 Å². The smallest absolute Gasteiger partial charge is 0.237 e. The van der Waals surface area contributed by atoms with Gasteiger partial charge >= 0.3 is 0 Å². The SMILES string of the molecule is Cc1cc(-c2cnc3c(c2)NCC(CNCCc2ccc(C#N)cc2)O3)n[nH]1. The highest BCUT2D eigenvalue weighted by molar-refractivity contribution is 5.67. The van der Waals surface area contributed by atoms with Gasteiger partial charge in [0.2, 0.25) is 5.88 Å². The highest BCUT2D eigenvalue weighted by Crippen LogP contribution is 2.30. The number of rotatable bonds is 6. The van der Waals surface area contributed by atoms with Crippen LogP contribution in [0.25, 0.3) is 11.3 Å². The summed E-state index contributed by atoms with van der Waals surface area (Å²) in [5.74, 6) is 0.626. The highest BCUT2D eigenvalue weighted by Gasteiger charge is 2.21. The number of aromatic amines is 1. The minimum atomic E-state index is 0.0273.